The van der Waals surface area contributed by atoms with Crippen LogP contribution in [0.3, 0.4) is 0 Å². The number of pyridine rings is 1. The van der Waals surface area contributed by atoms with Crippen LogP contribution in [-0.2, 0) is 4.74 Å². The molecule has 0 amide bonds. The molecule has 0 radical (unpaired) electrons. The van der Waals surface area contributed by atoms with Crippen LogP contribution in [0.15, 0.2) is 61.3 Å². The molecule has 9 nitrogen and oxygen atoms in total. The summed E-state index contributed by atoms with van der Waals surface area (Å²) >= 11 is 6.61. The van der Waals surface area contributed by atoms with Crippen LogP contribution in [-0.4, -0.2) is 76.0 Å². The van der Waals surface area contributed by atoms with E-state index in [1.54, 1.807) is 56.0 Å². The lowest BCUT2D eigenvalue weighted by Gasteiger charge is -2.36. The minimum absolute atomic E-state index is 0.203. The molecule has 5 aromatic rings. The summed E-state index contributed by atoms with van der Waals surface area (Å²) in [5.41, 5.74) is 3.10. The van der Waals surface area contributed by atoms with E-state index in [0.717, 1.165) is 49.1 Å². The number of hydrogen-bond acceptors (Lipinski definition) is 8. The lowest BCUT2D eigenvalue weighted by atomic mass is 10.0. The molecular formula is C27H25ClFN7O2. The van der Waals surface area contributed by atoms with Crippen LogP contribution >= 0.6 is 11.6 Å². The first-order valence-corrected chi connectivity index (χ1v) is 12.6. The van der Waals surface area contributed by atoms with Crippen molar-refractivity contribution in [2.45, 2.75) is 0 Å². The zero-order chi connectivity index (χ0) is 26.1. The first-order valence-electron chi connectivity index (χ1n) is 12.3. The van der Waals surface area contributed by atoms with Gasteiger partial charge in [-0.2, -0.15) is 0 Å². The molecule has 4 heterocycles. The highest BCUT2D eigenvalue weighted by molar-refractivity contribution is 6.33. The second kappa shape index (κ2) is 10.5. The van der Waals surface area contributed by atoms with E-state index in [9.17, 15) is 0 Å². The van der Waals surface area contributed by atoms with Gasteiger partial charge in [0.25, 0.3) is 0 Å². The zero-order valence-electron chi connectivity index (χ0n) is 20.7. The number of benzene rings is 2. The molecule has 1 aliphatic rings. The topological polar surface area (TPSA) is 81.4 Å². The Morgan fingerprint density at radius 2 is 1.76 bits per heavy atom. The standard InChI is InChI=1S/C27H25ClFN7O2/c1-37-12-11-34-7-9-35(10-8-34)36-17-33-25-16-32-24-15-23(29)20(14-21(24)26(25)36)19-4-3-18(13-22(19)28)38-27-30-5-2-6-31-27/h2-6,13-17H,7-12H2,1H3. The van der Waals surface area contributed by atoms with Gasteiger partial charge in [-0.05, 0) is 24.3 Å². The van der Waals surface area contributed by atoms with Crippen LogP contribution in [0.25, 0.3) is 33.1 Å². The number of imidazole rings is 1. The van der Waals surface area contributed by atoms with Crippen molar-refractivity contribution in [2.24, 2.45) is 0 Å². The molecule has 194 valence electrons. The van der Waals surface area contributed by atoms with Crippen molar-refractivity contribution in [3.8, 4) is 22.9 Å². The molecule has 0 atom stereocenters. The third-order valence-electron chi connectivity index (χ3n) is 6.69. The molecule has 0 aliphatic carbocycles. The fourth-order valence-corrected chi connectivity index (χ4v) is 5.01. The number of halogens is 2. The van der Waals surface area contributed by atoms with Gasteiger partial charge < -0.3 is 14.5 Å². The molecular weight excluding hydrogens is 509 g/mol. The smallest absolute Gasteiger partial charge is 0.321 e. The number of ether oxygens (including phenoxy) is 2. The summed E-state index contributed by atoms with van der Waals surface area (Å²) in [6, 6.07) is 10.2. The van der Waals surface area contributed by atoms with Gasteiger partial charge in [0.15, 0.2) is 0 Å². The molecule has 1 fully saturated rings. The quantitative estimate of drug-likeness (QED) is 0.302. The third kappa shape index (κ3) is 4.73. The molecule has 3 aromatic heterocycles. The van der Waals surface area contributed by atoms with Crippen molar-refractivity contribution < 1.29 is 13.9 Å². The fraction of sp³-hybridized carbons (Fsp3) is 0.259. The predicted octanol–water partition coefficient (Wildman–Crippen LogP) is 4.53. The van der Waals surface area contributed by atoms with E-state index in [-0.39, 0.29) is 6.01 Å². The van der Waals surface area contributed by atoms with E-state index >= 15 is 4.39 Å². The highest BCUT2D eigenvalue weighted by Gasteiger charge is 2.21. The first-order chi connectivity index (χ1) is 18.6. The highest BCUT2D eigenvalue weighted by atomic mass is 35.5. The molecule has 1 saturated heterocycles. The van der Waals surface area contributed by atoms with Crippen LogP contribution in [0.4, 0.5) is 4.39 Å². The minimum atomic E-state index is -0.413. The van der Waals surface area contributed by atoms with Crippen molar-refractivity contribution >= 4 is 33.5 Å². The Hall–Kier alpha value is -3.86. The van der Waals surface area contributed by atoms with E-state index in [2.05, 4.69) is 34.5 Å². The van der Waals surface area contributed by atoms with Crippen LogP contribution in [0.1, 0.15) is 0 Å². The molecule has 11 heteroatoms. The highest BCUT2D eigenvalue weighted by Crippen LogP contribution is 2.36. The molecule has 6 rings (SSSR count). The number of rotatable bonds is 7. The van der Waals surface area contributed by atoms with Gasteiger partial charge >= 0.3 is 6.01 Å². The van der Waals surface area contributed by atoms with Gasteiger partial charge in [-0.3, -0.25) is 9.88 Å². The van der Waals surface area contributed by atoms with Crippen LogP contribution in [0, 0.1) is 5.82 Å². The molecule has 0 saturated carbocycles. The van der Waals surface area contributed by atoms with Gasteiger partial charge in [0.1, 0.15) is 28.9 Å². The van der Waals surface area contributed by atoms with Gasteiger partial charge in [0.2, 0.25) is 0 Å². The molecule has 38 heavy (non-hydrogen) atoms. The lowest BCUT2D eigenvalue weighted by molar-refractivity contribution is 0.140. The maximum atomic E-state index is 15.4. The SMILES string of the molecule is COCCN1CCN(n2cnc3cnc4cc(F)c(-c5ccc(Oc6ncccn6)cc5Cl)cc4c32)CC1. The van der Waals surface area contributed by atoms with E-state index < -0.39 is 5.82 Å². The summed E-state index contributed by atoms with van der Waals surface area (Å²) in [6.07, 6.45) is 6.67. The van der Waals surface area contributed by atoms with Gasteiger partial charge in [0.05, 0.1) is 23.3 Å². The molecule has 2 aromatic carbocycles. The number of fused-ring (bicyclic) bond motifs is 3. The summed E-state index contributed by atoms with van der Waals surface area (Å²) in [4.78, 5) is 19.5. The molecule has 0 unspecified atom stereocenters. The summed E-state index contributed by atoms with van der Waals surface area (Å²) in [5, 5.41) is 3.40. The van der Waals surface area contributed by atoms with Crippen molar-refractivity contribution in [1.82, 2.24) is 29.5 Å². The van der Waals surface area contributed by atoms with E-state index in [1.807, 2.05) is 6.33 Å². The van der Waals surface area contributed by atoms with E-state index in [1.165, 1.54) is 6.07 Å². The van der Waals surface area contributed by atoms with Crippen LogP contribution in [0.5, 0.6) is 11.8 Å². The van der Waals surface area contributed by atoms with Gasteiger partial charge in [0, 0.05) is 80.9 Å². The van der Waals surface area contributed by atoms with Gasteiger partial charge in [-0.1, -0.05) is 11.6 Å². The summed E-state index contributed by atoms with van der Waals surface area (Å²) in [7, 11) is 1.72. The average molecular weight is 534 g/mol. The molecule has 0 N–H and O–H groups in total. The maximum Gasteiger partial charge on any atom is 0.321 e. The largest absolute Gasteiger partial charge is 0.424 e. The number of piperazine rings is 1. The normalized spacial score (nSPS) is 14.4. The minimum Gasteiger partial charge on any atom is -0.424 e. The summed E-state index contributed by atoms with van der Waals surface area (Å²) in [5.74, 6) is 0.0436. The summed E-state index contributed by atoms with van der Waals surface area (Å²) in [6.45, 7) is 5.15. The van der Waals surface area contributed by atoms with Gasteiger partial charge in [-0.25, -0.2) is 24.0 Å². The number of methoxy groups -OCH3 is 1. The lowest BCUT2D eigenvalue weighted by Crippen LogP contribution is -2.51. The number of nitrogens with zero attached hydrogens (tertiary/aromatic N) is 7. The predicted molar refractivity (Wildman–Crippen MR) is 144 cm³/mol. The Morgan fingerprint density at radius 1 is 0.947 bits per heavy atom. The Labute approximate surface area is 223 Å². The van der Waals surface area contributed by atoms with Crippen LogP contribution < -0.4 is 9.75 Å². The molecule has 0 spiro atoms. The molecule has 1 aliphatic heterocycles. The van der Waals surface area contributed by atoms with Crippen molar-refractivity contribution in [3.63, 3.8) is 0 Å². The van der Waals surface area contributed by atoms with Gasteiger partial charge in [-0.15, -0.1) is 0 Å². The Bertz CT molecular complexity index is 1590. The van der Waals surface area contributed by atoms with Crippen molar-refractivity contribution in [3.05, 3.63) is 72.2 Å². The van der Waals surface area contributed by atoms with E-state index in [4.69, 9.17) is 21.1 Å². The second-order valence-electron chi connectivity index (χ2n) is 8.99. The van der Waals surface area contributed by atoms with Crippen LogP contribution in [0.2, 0.25) is 5.02 Å². The fourth-order valence-electron chi connectivity index (χ4n) is 4.74. The Morgan fingerprint density at radius 3 is 2.53 bits per heavy atom. The number of hydrogen-bond donors (Lipinski definition) is 0. The van der Waals surface area contributed by atoms with E-state index in [0.29, 0.717) is 34.0 Å². The average Bonchev–Trinajstić information content (AvgIpc) is 3.37. The monoisotopic (exact) mass is 533 g/mol. The number of aromatic nitrogens is 5. The molecule has 0 bridgehead atoms. The Kier molecular flexibility index (Phi) is 6.75. The Balaban J connectivity index is 1.35. The third-order valence-corrected chi connectivity index (χ3v) is 7.00. The maximum absolute atomic E-state index is 15.4. The van der Waals surface area contributed by atoms with Crippen molar-refractivity contribution in [2.75, 3.05) is 51.4 Å². The zero-order valence-corrected chi connectivity index (χ0v) is 21.5. The summed E-state index contributed by atoms with van der Waals surface area (Å²) < 4.78 is 28.3. The second-order valence-corrected chi connectivity index (χ2v) is 9.40. The first kappa shape index (κ1) is 24.5. The van der Waals surface area contributed by atoms with Crippen molar-refractivity contribution in [1.29, 1.82) is 0 Å².